The Morgan fingerprint density at radius 2 is 2.27 bits per heavy atom. The topological polar surface area (TPSA) is 58.4 Å². The van der Waals surface area contributed by atoms with Gasteiger partial charge >= 0.3 is 0 Å². The van der Waals surface area contributed by atoms with E-state index in [1.54, 1.807) is 3.11 Å². The van der Waals surface area contributed by atoms with Crippen LogP contribution in [0.4, 0.5) is 0 Å². The number of hydrogen-bond donors (Lipinski definition) is 2. The van der Waals surface area contributed by atoms with E-state index in [2.05, 4.69) is 25.0 Å². The number of nitrogens with zero attached hydrogens (tertiary/aromatic N) is 1. The minimum Gasteiger partial charge on any atom is -0.306 e. The number of carbonyl (C=O) groups excluding carboxylic acids is 1. The zero-order valence-electron chi connectivity index (χ0n) is 9.22. The van der Waals surface area contributed by atoms with Gasteiger partial charge in [0.15, 0.2) is 0 Å². The maximum atomic E-state index is 11.0. The Kier molecular flexibility index (Phi) is 7.41. The standard InChI is InChI=1S/C10H18IN3O/c1-4-5-6-8(2)9(3)14(11)7-10(15)13-12/h6H,3-5,7,12H2,1-2H3,(H,13,15)/b8-6+. The van der Waals surface area contributed by atoms with Crippen LogP contribution in [0.3, 0.4) is 0 Å². The number of unbranched alkanes of at least 4 members (excludes halogenated alkanes) is 1. The molecule has 0 aliphatic carbocycles. The highest BCUT2D eigenvalue weighted by Gasteiger charge is 2.09. The summed E-state index contributed by atoms with van der Waals surface area (Å²) in [6.45, 7) is 8.25. The van der Waals surface area contributed by atoms with Gasteiger partial charge in [0.05, 0.1) is 22.9 Å². The van der Waals surface area contributed by atoms with Crippen LogP contribution >= 0.6 is 22.9 Å². The zero-order valence-corrected chi connectivity index (χ0v) is 11.4. The predicted octanol–water partition coefficient (Wildman–Crippen LogP) is 1.89. The van der Waals surface area contributed by atoms with Crippen molar-refractivity contribution in [1.29, 1.82) is 0 Å². The van der Waals surface area contributed by atoms with Crippen LogP contribution in [0.1, 0.15) is 26.7 Å². The number of hydrazine groups is 1. The third-order valence-corrected chi connectivity index (χ3v) is 2.85. The number of halogens is 1. The molecule has 0 rings (SSSR count). The van der Waals surface area contributed by atoms with E-state index < -0.39 is 0 Å². The van der Waals surface area contributed by atoms with Crippen molar-refractivity contribution >= 4 is 28.8 Å². The molecule has 15 heavy (non-hydrogen) atoms. The molecule has 0 bridgehead atoms. The highest BCUT2D eigenvalue weighted by Crippen LogP contribution is 2.17. The van der Waals surface area contributed by atoms with Crippen molar-refractivity contribution in [3.63, 3.8) is 0 Å². The number of carbonyl (C=O) groups is 1. The molecule has 0 aliphatic heterocycles. The molecule has 4 nitrogen and oxygen atoms in total. The lowest BCUT2D eigenvalue weighted by atomic mass is 10.2. The highest BCUT2D eigenvalue weighted by molar-refractivity contribution is 14.1. The lowest BCUT2D eigenvalue weighted by Crippen LogP contribution is -2.36. The summed E-state index contributed by atoms with van der Waals surface area (Å²) in [6.07, 6.45) is 4.25. The maximum Gasteiger partial charge on any atom is 0.254 e. The molecule has 0 aromatic carbocycles. The molecule has 0 aromatic heterocycles. The van der Waals surface area contributed by atoms with Gasteiger partial charge in [-0.2, -0.15) is 0 Å². The fraction of sp³-hybridized carbons (Fsp3) is 0.500. The van der Waals surface area contributed by atoms with Gasteiger partial charge in [-0.25, -0.2) is 5.84 Å². The fourth-order valence-corrected chi connectivity index (χ4v) is 1.63. The first-order chi connectivity index (χ1) is 7.02. The van der Waals surface area contributed by atoms with E-state index in [-0.39, 0.29) is 12.5 Å². The van der Waals surface area contributed by atoms with Gasteiger partial charge in [-0.3, -0.25) is 10.2 Å². The summed E-state index contributed by atoms with van der Waals surface area (Å²) in [5, 5.41) is 0. The van der Waals surface area contributed by atoms with Crippen LogP contribution in [0.2, 0.25) is 0 Å². The summed E-state index contributed by atoms with van der Waals surface area (Å²) in [5.41, 5.74) is 4.02. The van der Waals surface area contributed by atoms with Crippen LogP contribution in [-0.4, -0.2) is 15.6 Å². The molecular weight excluding hydrogens is 305 g/mol. The van der Waals surface area contributed by atoms with E-state index >= 15 is 0 Å². The van der Waals surface area contributed by atoms with E-state index in [9.17, 15) is 4.79 Å². The van der Waals surface area contributed by atoms with Gasteiger partial charge < -0.3 is 3.11 Å². The van der Waals surface area contributed by atoms with Crippen molar-refractivity contribution in [3.8, 4) is 0 Å². The summed E-state index contributed by atoms with van der Waals surface area (Å²) in [5.74, 6) is 4.78. The fourth-order valence-electron chi connectivity index (χ4n) is 0.937. The molecule has 5 heteroatoms. The van der Waals surface area contributed by atoms with Gasteiger partial charge in [0.1, 0.15) is 6.54 Å². The second-order valence-corrected chi connectivity index (χ2v) is 4.37. The van der Waals surface area contributed by atoms with Crippen molar-refractivity contribution < 1.29 is 4.79 Å². The van der Waals surface area contributed by atoms with Crippen molar-refractivity contribution in [2.75, 3.05) is 6.54 Å². The molecule has 86 valence electrons. The second kappa shape index (κ2) is 7.70. The number of nitrogens with two attached hydrogens (primary N) is 1. The Balaban J connectivity index is 4.25. The lowest BCUT2D eigenvalue weighted by molar-refractivity contribution is -0.120. The Morgan fingerprint density at radius 1 is 1.67 bits per heavy atom. The number of rotatable bonds is 6. The summed E-state index contributed by atoms with van der Waals surface area (Å²) in [4.78, 5) is 11.0. The van der Waals surface area contributed by atoms with E-state index in [0.29, 0.717) is 0 Å². The SMILES string of the molecule is C=C(/C(C)=C/CCC)N(I)CC(=O)NN. The number of hydrogen-bond acceptors (Lipinski definition) is 3. The third kappa shape index (κ3) is 5.78. The van der Waals surface area contributed by atoms with Crippen LogP contribution in [0.15, 0.2) is 23.9 Å². The normalized spacial score (nSPS) is 11.1. The first-order valence-corrected chi connectivity index (χ1v) is 5.78. The van der Waals surface area contributed by atoms with E-state index in [0.717, 1.165) is 24.1 Å². The van der Waals surface area contributed by atoms with Gasteiger partial charge in [-0.05, 0) is 18.9 Å². The largest absolute Gasteiger partial charge is 0.306 e. The molecular formula is C10H18IN3O. The molecule has 0 atom stereocenters. The molecule has 0 unspecified atom stereocenters. The first-order valence-electron chi connectivity index (χ1n) is 4.81. The van der Waals surface area contributed by atoms with Gasteiger partial charge in [0.2, 0.25) is 0 Å². The summed E-state index contributed by atoms with van der Waals surface area (Å²) in [7, 11) is 0. The van der Waals surface area contributed by atoms with Crippen LogP contribution in [0, 0.1) is 0 Å². The molecule has 0 saturated heterocycles. The quantitative estimate of drug-likeness (QED) is 0.196. The first kappa shape index (κ1) is 14.4. The van der Waals surface area contributed by atoms with E-state index in [1.165, 1.54) is 0 Å². The molecule has 3 N–H and O–H groups in total. The molecule has 1 amide bonds. The molecule has 0 fully saturated rings. The van der Waals surface area contributed by atoms with Crippen LogP contribution < -0.4 is 11.3 Å². The van der Waals surface area contributed by atoms with Gasteiger partial charge in [0.25, 0.3) is 5.91 Å². The van der Waals surface area contributed by atoms with Gasteiger partial charge in [-0.15, -0.1) is 0 Å². The monoisotopic (exact) mass is 323 g/mol. The van der Waals surface area contributed by atoms with Crippen molar-refractivity contribution in [2.24, 2.45) is 5.84 Å². The Bertz CT molecular complexity index is 263. The average Bonchev–Trinajstić information content (AvgIpc) is 2.24. The average molecular weight is 323 g/mol. The van der Waals surface area contributed by atoms with Gasteiger partial charge in [0, 0.05) is 5.70 Å². The Morgan fingerprint density at radius 3 is 2.73 bits per heavy atom. The minimum atomic E-state index is -0.228. The third-order valence-electron chi connectivity index (χ3n) is 1.93. The second-order valence-electron chi connectivity index (χ2n) is 3.21. The molecule has 0 spiro atoms. The van der Waals surface area contributed by atoms with Crippen LogP contribution in [-0.2, 0) is 4.79 Å². The van der Waals surface area contributed by atoms with E-state index in [4.69, 9.17) is 5.84 Å². The van der Waals surface area contributed by atoms with Crippen molar-refractivity contribution in [3.05, 3.63) is 23.9 Å². The minimum absolute atomic E-state index is 0.215. The smallest absolute Gasteiger partial charge is 0.254 e. The van der Waals surface area contributed by atoms with Crippen molar-refractivity contribution in [1.82, 2.24) is 8.54 Å². The molecule has 0 aromatic rings. The Labute approximate surface area is 105 Å². The summed E-state index contributed by atoms with van der Waals surface area (Å²) >= 11 is 2.05. The zero-order chi connectivity index (χ0) is 11.8. The Hall–Kier alpha value is -0.560. The maximum absolute atomic E-state index is 11.0. The lowest BCUT2D eigenvalue weighted by Gasteiger charge is -2.18. The molecule has 0 heterocycles. The number of amides is 1. The van der Waals surface area contributed by atoms with Crippen LogP contribution in [0.5, 0.6) is 0 Å². The summed E-state index contributed by atoms with van der Waals surface area (Å²) < 4.78 is 1.75. The summed E-state index contributed by atoms with van der Waals surface area (Å²) in [6, 6.07) is 0. The number of nitrogens with one attached hydrogen (secondary N) is 1. The van der Waals surface area contributed by atoms with Gasteiger partial charge in [-0.1, -0.05) is 26.0 Å². The molecule has 0 radical (unpaired) electrons. The van der Waals surface area contributed by atoms with E-state index in [1.807, 2.05) is 29.8 Å². The number of allylic oxidation sites excluding steroid dienone is 2. The molecule has 0 saturated carbocycles. The van der Waals surface area contributed by atoms with Crippen LogP contribution in [0.25, 0.3) is 0 Å². The predicted molar refractivity (Wildman–Crippen MR) is 70.9 cm³/mol. The van der Waals surface area contributed by atoms with Crippen molar-refractivity contribution in [2.45, 2.75) is 26.7 Å². The highest BCUT2D eigenvalue weighted by atomic mass is 127. The molecule has 0 aliphatic rings.